The number of nitrogens with one attached hydrogen (secondary N) is 1. The Morgan fingerprint density at radius 3 is 1.86 bits per heavy atom. The second-order valence-electron chi connectivity index (χ2n) is 5.44. The number of halogens is 7. The van der Waals surface area contributed by atoms with Gasteiger partial charge < -0.3 is 0 Å². The first-order valence-electron chi connectivity index (χ1n) is 7.43. The maximum Gasteiger partial charge on any atom is 0.416 e. The number of sulfonamides is 1. The quantitative estimate of drug-likeness (QED) is 0.351. The Labute approximate surface area is 171 Å². The molecule has 0 atom stereocenters. The SMILES string of the molecule is CSC(=Nc1cc(C(F)(F)F)cc(C(F)(F)F)c1)NS(=O)(=O)c1ccc(Cl)cc1. The highest BCUT2D eigenvalue weighted by atomic mass is 35.5. The predicted octanol–water partition coefficient (Wildman–Crippen LogP) is 5.71. The Balaban J connectivity index is 2.48. The molecule has 13 heteroatoms. The van der Waals surface area contributed by atoms with E-state index in [9.17, 15) is 34.8 Å². The minimum Gasteiger partial charge on any atom is -0.258 e. The van der Waals surface area contributed by atoms with Gasteiger partial charge in [0.25, 0.3) is 10.0 Å². The summed E-state index contributed by atoms with van der Waals surface area (Å²) in [5, 5.41) is -0.154. The molecular weight excluding hydrogens is 466 g/mol. The van der Waals surface area contributed by atoms with Crippen molar-refractivity contribution < 1.29 is 34.8 Å². The Morgan fingerprint density at radius 1 is 0.966 bits per heavy atom. The van der Waals surface area contributed by atoms with Gasteiger partial charge in [0.15, 0.2) is 5.17 Å². The van der Waals surface area contributed by atoms with Gasteiger partial charge in [0.2, 0.25) is 0 Å². The molecule has 0 saturated heterocycles. The molecule has 0 unspecified atom stereocenters. The first-order valence-corrected chi connectivity index (χ1v) is 10.5. The molecule has 0 spiro atoms. The highest BCUT2D eigenvalue weighted by Crippen LogP contribution is 2.38. The molecule has 2 aromatic rings. The van der Waals surface area contributed by atoms with Crippen molar-refractivity contribution in [2.24, 2.45) is 4.99 Å². The lowest BCUT2D eigenvalue weighted by atomic mass is 10.1. The van der Waals surface area contributed by atoms with Gasteiger partial charge in [0, 0.05) is 5.02 Å². The van der Waals surface area contributed by atoms with Crippen molar-refractivity contribution in [3.63, 3.8) is 0 Å². The van der Waals surface area contributed by atoms with Crippen LogP contribution in [0, 0.1) is 0 Å². The fourth-order valence-corrected chi connectivity index (χ4v) is 3.89. The van der Waals surface area contributed by atoms with E-state index < -0.39 is 44.4 Å². The fraction of sp³-hybridized carbons (Fsp3) is 0.188. The average Bonchev–Trinajstić information content (AvgIpc) is 2.59. The fourth-order valence-electron chi connectivity index (χ4n) is 2.02. The van der Waals surface area contributed by atoms with Gasteiger partial charge in [-0.1, -0.05) is 23.4 Å². The van der Waals surface area contributed by atoms with Gasteiger partial charge in [-0.2, -0.15) is 26.3 Å². The van der Waals surface area contributed by atoms with Crippen LogP contribution in [0.15, 0.2) is 52.4 Å². The minimum atomic E-state index is -5.05. The first kappa shape index (κ1) is 23.4. The van der Waals surface area contributed by atoms with Crippen molar-refractivity contribution in [3.8, 4) is 0 Å². The van der Waals surface area contributed by atoms with Gasteiger partial charge in [0.05, 0.1) is 21.7 Å². The van der Waals surface area contributed by atoms with E-state index in [0.29, 0.717) is 23.9 Å². The van der Waals surface area contributed by atoms with Crippen molar-refractivity contribution in [1.29, 1.82) is 0 Å². The molecule has 0 aliphatic heterocycles. The Bertz CT molecular complexity index is 987. The summed E-state index contributed by atoms with van der Waals surface area (Å²) in [4.78, 5) is 3.40. The largest absolute Gasteiger partial charge is 0.416 e. The topological polar surface area (TPSA) is 58.5 Å². The van der Waals surface area contributed by atoms with Crippen LogP contribution >= 0.6 is 23.4 Å². The number of hydrogen-bond acceptors (Lipinski definition) is 4. The number of alkyl halides is 6. The van der Waals surface area contributed by atoms with Gasteiger partial charge in [-0.15, -0.1) is 0 Å². The summed E-state index contributed by atoms with van der Waals surface area (Å²) in [6.07, 6.45) is -8.75. The molecule has 0 bridgehead atoms. The molecule has 0 aromatic heterocycles. The molecule has 1 N–H and O–H groups in total. The first-order chi connectivity index (χ1) is 13.2. The number of benzene rings is 2. The summed E-state index contributed by atoms with van der Waals surface area (Å²) in [5.41, 5.74) is -3.84. The second kappa shape index (κ2) is 8.44. The van der Waals surface area contributed by atoms with E-state index in [1.807, 2.05) is 4.72 Å². The Kier molecular flexibility index (Phi) is 6.80. The third kappa shape index (κ3) is 6.28. The number of nitrogens with zero attached hydrogens (tertiary/aromatic N) is 1. The summed E-state index contributed by atoms with van der Waals surface area (Å²) < 4.78 is 104. The molecule has 0 aliphatic carbocycles. The van der Waals surface area contributed by atoms with E-state index in [2.05, 4.69) is 4.99 Å². The van der Waals surface area contributed by atoms with Crippen molar-refractivity contribution in [2.75, 3.05) is 6.26 Å². The summed E-state index contributed by atoms with van der Waals surface area (Å²) in [6.45, 7) is 0. The molecule has 0 saturated carbocycles. The molecule has 2 rings (SSSR count). The van der Waals surface area contributed by atoms with Crippen LogP contribution in [0.4, 0.5) is 32.0 Å². The van der Waals surface area contributed by atoms with Gasteiger partial charge in [0.1, 0.15) is 0 Å². The van der Waals surface area contributed by atoms with Crippen molar-refractivity contribution in [1.82, 2.24) is 4.72 Å². The van der Waals surface area contributed by atoms with Crippen LogP contribution < -0.4 is 4.72 Å². The smallest absolute Gasteiger partial charge is 0.258 e. The predicted molar refractivity (Wildman–Crippen MR) is 98.8 cm³/mol. The normalized spacial score (nSPS) is 13.4. The van der Waals surface area contributed by atoms with Gasteiger partial charge in [-0.05, 0) is 48.7 Å². The summed E-state index contributed by atoms with van der Waals surface area (Å²) in [6, 6.07) is 5.69. The van der Waals surface area contributed by atoms with Crippen LogP contribution in [0.1, 0.15) is 11.1 Å². The van der Waals surface area contributed by atoms with Gasteiger partial charge in [-0.25, -0.2) is 13.4 Å². The maximum atomic E-state index is 12.9. The molecule has 0 fully saturated rings. The maximum absolute atomic E-state index is 12.9. The van der Waals surface area contributed by atoms with Gasteiger partial charge in [-0.3, -0.25) is 4.72 Å². The van der Waals surface area contributed by atoms with Gasteiger partial charge >= 0.3 is 12.4 Å². The number of rotatable bonds is 3. The molecule has 0 heterocycles. The standard InChI is InChI=1S/C16H11ClF6N2O2S2/c1-28-14(25-29(26,27)13-4-2-11(17)3-5-13)24-12-7-9(15(18,19)20)6-10(8-12)16(21,22)23/h2-8H,1H3,(H,24,25). The van der Waals surface area contributed by atoms with Crippen LogP contribution in [0.2, 0.25) is 5.02 Å². The third-order valence-corrected chi connectivity index (χ3v) is 5.66. The molecular formula is C16H11ClF6N2O2S2. The molecule has 0 radical (unpaired) electrons. The van der Waals surface area contributed by atoms with Crippen molar-refractivity contribution in [2.45, 2.75) is 17.2 Å². The second-order valence-corrected chi connectivity index (χ2v) is 8.36. The zero-order valence-corrected chi connectivity index (χ0v) is 16.7. The summed E-state index contributed by atoms with van der Waals surface area (Å²) in [5.74, 6) is 0. The van der Waals surface area contributed by atoms with E-state index >= 15 is 0 Å². The minimum absolute atomic E-state index is 0.0460. The lowest BCUT2D eigenvalue weighted by Gasteiger charge is -2.13. The molecule has 29 heavy (non-hydrogen) atoms. The van der Waals surface area contributed by atoms with E-state index in [0.717, 1.165) is 0 Å². The number of amidine groups is 1. The van der Waals surface area contributed by atoms with Crippen LogP contribution in [0.25, 0.3) is 0 Å². The lowest BCUT2D eigenvalue weighted by Crippen LogP contribution is -2.28. The zero-order chi connectivity index (χ0) is 22.0. The summed E-state index contributed by atoms with van der Waals surface area (Å²) in [7, 11) is -4.19. The highest BCUT2D eigenvalue weighted by molar-refractivity contribution is 8.14. The molecule has 0 amide bonds. The average molecular weight is 477 g/mol. The highest BCUT2D eigenvalue weighted by Gasteiger charge is 2.37. The van der Waals surface area contributed by atoms with Crippen molar-refractivity contribution in [3.05, 3.63) is 58.6 Å². The molecule has 158 valence electrons. The molecule has 4 nitrogen and oxygen atoms in total. The number of hydrogen-bond donors (Lipinski definition) is 1. The number of aliphatic imine (C=N–C) groups is 1. The van der Waals surface area contributed by atoms with E-state index in [1.54, 1.807) is 0 Å². The lowest BCUT2D eigenvalue weighted by molar-refractivity contribution is -0.143. The summed E-state index contributed by atoms with van der Waals surface area (Å²) >= 11 is 6.37. The third-order valence-electron chi connectivity index (χ3n) is 3.34. The van der Waals surface area contributed by atoms with E-state index in [4.69, 9.17) is 11.6 Å². The zero-order valence-electron chi connectivity index (χ0n) is 14.3. The Hall–Kier alpha value is -1.92. The van der Waals surface area contributed by atoms with Crippen LogP contribution in [-0.2, 0) is 22.4 Å². The van der Waals surface area contributed by atoms with Crippen molar-refractivity contribution >= 4 is 44.2 Å². The monoisotopic (exact) mass is 476 g/mol. The van der Waals surface area contributed by atoms with Crippen LogP contribution in [-0.4, -0.2) is 19.8 Å². The van der Waals surface area contributed by atoms with Crippen LogP contribution in [0.3, 0.4) is 0 Å². The number of thioether (sulfide) groups is 1. The van der Waals surface area contributed by atoms with Crippen LogP contribution in [0.5, 0.6) is 0 Å². The molecule has 2 aromatic carbocycles. The van der Waals surface area contributed by atoms with E-state index in [1.165, 1.54) is 30.5 Å². The molecule has 0 aliphatic rings. The Morgan fingerprint density at radius 2 is 1.45 bits per heavy atom. The van der Waals surface area contributed by atoms with E-state index in [-0.39, 0.29) is 16.0 Å².